The third kappa shape index (κ3) is 1.38. The van der Waals surface area contributed by atoms with Crippen LogP contribution in [0.3, 0.4) is 0 Å². The summed E-state index contributed by atoms with van der Waals surface area (Å²) in [5.41, 5.74) is 0.776. The monoisotopic (exact) mass is 196 g/mol. The Morgan fingerprint density at radius 2 is 2.31 bits per heavy atom. The Kier molecular flexibility index (Phi) is 2.16. The van der Waals surface area contributed by atoms with E-state index in [-0.39, 0.29) is 0 Å². The Morgan fingerprint density at radius 1 is 1.46 bits per heavy atom. The molecule has 5 heteroatoms. The van der Waals surface area contributed by atoms with Crippen LogP contribution in [0, 0.1) is 0 Å². The number of halogens is 1. The lowest BCUT2D eigenvalue weighted by atomic mass is 10.4. The fourth-order valence-electron chi connectivity index (χ4n) is 1.23. The van der Waals surface area contributed by atoms with Crippen LogP contribution in [0.5, 0.6) is 0 Å². The molecule has 0 saturated heterocycles. The minimum Gasteiger partial charge on any atom is -0.313 e. The molecular weight excluding hydrogens is 188 g/mol. The first kappa shape index (κ1) is 8.47. The summed E-state index contributed by atoms with van der Waals surface area (Å²) >= 11 is 5.99. The van der Waals surface area contributed by atoms with Gasteiger partial charge in [-0.15, -0.1) is 10.2 Å². The smallest absolute Gasteiger partial charge is 0.161 e. The summed E-state index contributed by atoms with van der Waals surface area (Å²) in [6, 6.07) is 5.55. The number of pyridine rings is 1. The van der Waals surface area contributed by atoms with E-state index in [4.69, 9.17) is 11.6 Å². The number of aromatic nitrogens is 3. The molecule has 0 amide bonds. The first-order chi connectivity index (χ1) is 6.33. The van der Waals surface area contributed by atoms with Gasteiger partial charge >= 0.3 is 0 Å². The maximum atomic E-state index is 5.99. The number of nitrogens with zero attached hydrogens (tertiary/aromatic N) is 3. The van der Waals surface area contributed by atoms with Gasteiger partial charge in [0.05, 0.1) is 6.54 Å². The fraction of sp³-hybridized carbons (Fsp3) is 0.250. The van der Waals surface area contributed by atoms with Crippen molar-refractivity contribution in [2.45, 2.75) is 6.54 Å². The molecule has 0 bridgehead atoms. The SMILES string of the molecule is CNCc1nnc2cccc(Cl)n12. The highest BCUT2D eigenvalue weighted by atomic mass is 35.5. The van der Waals surface area contributed by atoms with Gasteiger partial charge < -0.3 is 5.32 Å². The summed E-state index contributed by atoms with van der Waals surface area (Å²) in [5, 5.41) is 11.6. The van der Waals surface area contributed by atoms with Crippen molar-refractivity contribution in [1.82, 2.24) is 19.9 Å². The summed E-state index contributed by atoms with van der Waals surface area (Å²) in [6.45, 7) is 0.658. The van der Waals surface area contributed by atoms with Gasteiger partial charge in [-0.25, -0.2) is 0 Å². The van der Waals surface area contributed by atoms with Crippen molar-refractivity contribution in [2.24, 2.45) is 0 Å². The van der Waals surface area contributed by atoms with Crippen LogP contribution in [0.15, 0.2) is 18.2 Å². The minimum atomic E-state index is 0.632. The van der Waals surface area contributed by atoms with Crippen molar-refractivity contribution in [2.75, 3.05) is 7.05 Å². The topological polar surface area (TPSA) is 42.2 Å². The lowest BCUT2D eigenvalue weighted by Gasteiger charge is -1.99. The minimum absolute atomic E-state index is 0.632. The molecule has 0 unspecified atom stereocenters. The molecule has 2 heterocycles. The van der Waals surface area contributed by atoms with Crippen molar-refractivity contribution in [3.8, 4) is 0 Å². The molecule has 0 aromatic carbocycles. The highest BCUT2D eigenvalue weighted by molar-refractivity contribution is 6.29. The molecule has 0 saturated carbocycles. The van der Waals surface area contributed by atoms with Crippen LogP contribution < -0.4 is 5.32 Å². The number of hydrogen-bond acceptors (Lipinski definition) is 3. The molecule has 13 heavy (non-hydrogen) atoms. The lowest BCUT2D eigenvalue weighted by molar-refractivity contribution is 0.747. The molecule has 0 aliphatic heterocycles. The van der Waals surface area contributed by atoms with Gasteiger partial charge in [0.15, 0.2) is 11.5 Å². The Labute approximate surface area is 80.5 Å². The van der Waals surface area contributed by atoms with Crippen LogP contribution in [0.2, 0.25) is 5.15 Å². The molecule has 2 aromatic rings. The Bertz CT molecular complexity index is 423. The first-order valence-corrected chi connectivity index (χ1v) is 4.34. The van der Waals surface area contributed by atoms with E-state index in [9.17, 15) is 0 Å². The van der Waals surface area contributed by atoms with E-state index in [1.807, 2.05) is 29.6 Å². The quantitative estimate of drug-likeness (QED) is 0.732. The molecule has 0 aliphatic rings. The third-order valence-electron chi connectivity index (χ3n) is 1.78. The maximum Gasteiger partial charge on any atom is 0.161 e. The molecule has 0 aliphatic carbocycles. The van der Waals surface area contributed by atoms with E-state index in [0.29, 0.717) is 11.7 Å². The summed E-state index contributed by atoms with van der Waals surface area (Å²) in [7, 11) is 1.86. The van der Waals surface area contributed by atoms with E-state index in [1.54, 1.807) is 0 Å². The number of hydrogen-bond donors (Lipinski definition) is 1. The molecule has 2 rings (SSSR count). The van der Waals surface area contributed by atoms with Crippen LogP contribution in [0.4, 0.5) is 0 Å². The van der Waals surface area contributed by atoms with Gasteiger partial charge in [0.25, 0.3) is 0 Å². The van der Waals surface area contributed by atoms with Gasteiger partial charge in [-0.05, 0) is 19.2 Å². The average Bonchev–Trinajstić information content (AvgIpc) is 2.51. The molecule has 0 spiro atoms. The molecule has 1 N–H and O–H groups in total. The molecule has 0 fully saturated rings. The number of nitrogens with one attached hydrogen (secondary N) is 1. The molecule has 2 aromatic heterocycles. The standard InChI is InChI=1S/C8H9ClN4/c1-10-5-8-12-11-7-4-2-3-6(9)13(7)8/h2-4,10H,5H2,1H3. The highest BCUT2D eigenvalue weighted by Gasteiger charge is 2.05. The zero-order valence-corrected chi connectivity index (χ0v) is 7.91. The molecule has 4 nitrogen and oxygen atoms in total. The van der Waals surface area contributed by atoms with Gasteiger partial charge in [0, 0.05) is 0 Å². The van der Waals surface area contributed by atoms with Crippen LogP contribution in [-0.2, 0) is 6.54 Å². The Balaban J connectivity index is 2.64. The summed E-state index contributed by atoms with van der Waals surface area (Å²) < 4.78 is 1.82. The molecule has 0 radical (unpaired) electrons. The van der Waals surface area contributed by atoms with Crippen LogP contribution in [0.1, 0.15) is 5.82 Å². The predicted molar refractivity (Wildman–Crippen MR) is 50.8 cm³/mol. The van der Waals surface area contributed by atoms with Gasteiger partial charge in [-0.3, -0.25) is 4.40 Å². The van der Waals surface area contributed by atoms with Crippen molar-refractivity contribution in [3.05, 3.63) is 29.2 Å². The van der Waals surface area contributed by atoms with Gasteiger partial charge in [-0.2, -0.15) is 0 Å². The normalized spacial score (nSPS) is 10.9. The van der Waals surface area contributed by atoms with Gasteiger partial charge in [0.1, 0.15) is 5.15 Å². The van der Waals surface area contributed by atoms with Crippen molar-refractivity contribution >= 4 is 17.2 Å². The lowest BCUT2D eigenvalue weighted by Crippen LogP contribution is -2.09. The predicted octanol–water partition coefficient (Wildman–Crippen LogP) is 1.10. The van der Waals surface area contributed by atoms with Crippen molar-refractivity contribution in [1.29, 1.82) is 0 Å². The summed E-state index contributed by atoms with van der Waals surface area (Å²) in [6.07, 6.45) is 0. The largest absolute Gasteiger partial charge is 0.313 e. The second kappa shape index (κ2) is 3.32. The maximum absolute atomic E-state index is 5.99. The first-order valence-electron chi connectivity index (χ1n) is 3.96. The van der Waals surface area contributed by atoms with E-state index in [2.05, 4.69) is 15.5 Å². The number of rotatable bonds is 2. The van der Waals surface area contributed by atoms with Crippen LogP contribution in [0.25, 0.3) is 5.65 Å². The van der Waals surface area contributed by atoms with Gasteiger partial charge in [0.2, 0.25) is 0 Å². The highest BCUT2D eigenvalue weighted by Crippen LogP contribution is 2.12. The average molecular weight is 197 g/mol. The Morgan fingerprint density at radius 3 is 3.08 bits per heavy atom. The molecule has 0 atom stereocenters. The zero-order valence-electron chi connectivity index (χ0n) is 7.16. The van der Waals surface area contributed by atoms with E-state index in [0.717, 1.165) is 11.5 Å². The van der Waals surface area contributed by atoms with Gasteiger partial charge in [-0.1, -0.05) is 17.7 Å². The van der Waals surface area contributed by atoms with E-state index >= 15 is 0 Å². The summed E-state index contributed by atoms with van der Waals surface area (Å²) in [5.74, 6) is 0.822. The summed E-state index contributed by atoms with van der Waals surface area (Å²) in [4.78, 5) is 0. The Hall–Kier alpha value is -1.13. The van der Waals surface area contributed by atoms with E-state index < -0.39 is 0 Å². The van der Waals surface area contributed by atoms with Crippen molar-refractivity contribution < 1.29 is 0 Å². The molecule has 68 valence electrons. The fourth-order valence-corrected chi connectivity index (χ4v) is 1.49. The number of fused-ring (bicyclic) bond motifs is 1. The zero-order chi connectivity index (χ0) is 9.26. The second-order valence-electron chi connectivity index (χ2n) is 2.69. The molecular formula is C8H9ClN4. The van der Waals surface area contributed by atoms with Crippen LogP contribution >= 0.6 is 11.6 Å². The van der Waals surface area contributed by atoms with Crippen LogP contribution in [-0.4, -0.2) is 21.6 Å². The third-order valence-corrected chi connectivity index (χ3v) is 2.08. The van der Waals surface area contributed by atoms with E-state index in [1.165, 1.54) is 0 Å². The second-order valence-corrected chi connectivity index (χ2v) is 3.08. The van der Waals surface area contributed by atoms with Crippen molar-refractivity contribution in [3.63, 3.8) is 0 Å².